The van der Waals surface area contributed by atoms with Gasteiger partial charge in [0.2, 0.25) is 0 Å². The Kier molecular flexibility index (Phi) is 6.06. The van der Waals surface area contributed by atoms with Crippen LogP contribution >= 0.6 is 0 Å². The van der Waals surface area contributed by atoms with Crippen LogP contribution in [-0.2, 0) is 20.3 Å². The molecule has 1 heterocycles. The van der Waals surface area contributed by atoms with Gasteiger partial charge in [0.15, 0.2) is 6.10 Å². The van der Waals surface area contributed by atoms with E-state index >= 15 is 0 Å². The lowest BCUT2D eigenvalue weighted by atomic mass is 10.2. The minimum absolute atomic E-state index is 0.00789. The molecular formula is C10H18N2O5S. The fraction of sp³-hybridized carbons (Fsp3) is 0.800. The van der Waals surface area contributed by atoms with Crippen molar-refractivity contribution in [1.29, 1.82) is 0 Å². The minimum Gasteiger partial charge on any atom is -0.479 e. The lowest BCUT2D eigenvalue weighted by molar-refractivity contribution is -0.147. The van der Waals surface area contributed by atoms with Gasteiger partial charge < -0.3 is 20.5 Å². The van der Waals surface area contributed by atoms with Crippen LogP contribution in [0.3, 0.4) is 0 Å². The van der Waals surface area contributed by atoms with E-state index in [-0.39, 0.29) is 12.6 Å². The number of aliphatic carboxylic acids is 1. The fourth-order valence-corrected chi connectivity index (χ4v) is 2.93. The van der Waals surface area contributed by atoms with Gasteiger partial charge in [0.1, 0.15) is 0 Å². The zero-order chi connectivity index (χ0) is 13.5. The van der Waals surface area contributed by atoms with Crippen LogP contribution < -0.4 is 10.6 Å². The number of hydrogen-bond donors (Lipinski definition) is 3. The molecule has 18 heavy (non-hydrogen) atoms. The maximum Gasteiger partial charge on any atom is 0.334 e. The minimum atomic E-state index is -1.12. The van der Waals surface area contributed by atoms with Gasteiger partial charge in [-0.2, -0.15) is 0 Å². The number of carbonyl (C=O) groups is 2. The van der Waals surface area contributed by atoms with Gasteiger partial charge in [-0.25, -0.2) is 9.59 Å². The SMILES string of the molecule is COC(CNC(=O)NC1CCS(=O)CC1)C(=O)O. The maximum atomic E-state index is 11.5. The summed E-state index contributed by atoms with van der Waals surface area (Å²) in [6.45, 7) is -0.0870. The number of carboxylic acids is 1. The molecule has 0 bridgehead atoms. The summed E-state index contributed by atoms with van der Waals surface area (Å²) in [6.07, 6.45) is 0.328. The maximum absolute atomic E-state index is 11.5. The van der Waals surface area contributed by atoms with Gasteiger partial charge in [-0.1, -0.05) is 0 Å². The van der Waals surface area contributed by atoms with Crippen molar-refractivity contribution in [3.05, 3.63) is 0 Å². The van der Waals surface area contributed by atoms with E-state index in [0.717, 1.165) is 0 Å². The second-order valence-electron chi connectivity index (χ2n) is 4.04. The first kappa shape index (κ1) is 14.9. The highest BCUT2D eigenvalue weighted by molar-refractivity contribution is 7.85. The van der Waals surface area contributed by atoms with E-state index < -0.39 is 28.9 Å². The predicted molar refractivity (Wildman–Crippen MR) is 65.9 cm³/mol. The Bertz CT molecular complexity index is 326. The molecular weight excluding hydrogens is 260 g/mol. The molecule has 1 aliphatic rings. The molecule has 1 rings (SSSR count). The summed E-state index contributed by atoms with van der Waals surface area (Å²) in [6, 6.07) is -0.412. The van der Waals surface area contributed by atoms with Crippen LogP contribution in [0.4, 0.5) is 4.79 Å². The highest BCUT2D eigenvalue weighted by Crippen LogP contribution is 2.08. The predicted octanol–water partition coefficient (Wildman–Crippen LogP) is -0.704. The van der Waals surface area contributed by atoms with Gasteiger partial charge in [-0.05, 0) is 12.8 Å². The Morgan fingerprint density at radius 3 is 2.56 bits per heavy atom. The van der Waals surface area contributed by atoms with Gasteiger partial charge in [-0.15, -0.1) is 0 Å². The van der Waals surface area contributed by atoms with E-state index in [4.69, 9.17) is 5.11 Å². The Balaban J connectivity index is 2.25. The van der Waals surface area contributed by atoms with Gasteiger partial charge in [0.05, 0.1) is 6.54 Å². The number of carbonyl (C=O) groups excluding carboxylic acids is 1. The van der Waals surface area contributed by atoms with Crippen LogP contribution in [-0.4, -0.2) is 58.6 Å². The number of methoxy groups -OCH3 is 1. The Morgan fingerprint density at radius 2 is 2.06 bits per heavy atom. The molecule has 0 aromatic rings. The number of hydrogen-bond acceptors (Lipinski definition) is 4. The van der Waals surface area contributed by atoms with Crippen molar-refractivity contribution in [2.45, 2.75) is 25.0 Å². The van der Waals surface area contributed by atoms with E-state index in [1.807, 2.05) is 0 Å². The van der Waals surface area contributed by atoms with Gasteiger partial charge >= 0.3 is 12.0 Å². The topological polar surface area (TPSA) is 105 Å². The van der Waals surface area contributed by atoms with Crippen molar-refractivity contribution in [1.82, 2.24) is 10.6 Å². The molecule has 1 saturated heterocycles. The third-order valence-corrected chi connectivity index (χ3v) is 4.11. The van der Waals surface area contributed by atoms with E-state index in [1.165, 1.54) is 7.11 Å². The second kappa shape index (κ2) is 7.32. The number of urea groups is 1. The largest absolute Gasteiger partial charge is 0.479 e. The molecule has 0 radical (unpaired) electrons. The first-order valence-corrected chi connectivity index (χ1v) is 7.16. The molecule has 1 aliphatic heterocycles. The van der Waals surface area contributed by atoms with Crippen molar-refractivity contribution in [2.24, 2.45) is 0 Å². The normalized spacial score (nSPS) is 25.2. The lowest BCUT2D eigenvalue weighted by Crippen LogP contribution is -2.47. The van der Waals surface area contributed by atoms with Crippen LogP contribution in [0.2, 0.25) is 0 Å². The standard InChI is InChI=1S/C10H18N2O5S/c1-17-8(9(13)14)6-11-10(15)12-7-2-4-18(16)5-3-7/h7-8H,2-6H2,1H3,(H,13,14)(H2,11,12,15). The molecule has 1 unspecified atom stereocenters. The summed E-state index contributed by atoms with van der Waals surface area (Å²) in [7, 11) is 0.509. The number of carboxylic acid groups (broad SMARTS) is 1. The van der Waals surface area contributed by atoms with Crippen molar-refractivity contribution < 1.29 is 23.6 Å². The Hall–Kier alpha value is -1.15. The molecule has 8 heteroatoms. The molecule has 1 atom stereocenters. The first-order chi connectivity index (χ1) is 8.52. The molecule has 7 nitrogen and oxygen atoms in total. The summed E-state index contributed by atoms with van der Waals surface area (Å²) in [5.41, 5.74) is 0. The monoisotopic (exact) mass is 278 g/mol. The lowest BCUT2D eigenvalue weighted by Gasteiger charge is -2.23. The highest BCUT2D eigenvalue weighted by Gasteiger charge is 2.21. The average molecular weight is 278 g/mol. The van der Waals surface area contributed by atoms with Crippen LogP contribution in [0.15, 0.2) is 0 Å². The molecule has 0 aliphatic carbocycles. The molecule has 104 valence electrons. The van der Waals surface area contributed by atoms with Crippen LogP contribution in [0, 0.1) is 0 Å². The van der Waals surface area contributed by atoms with Gasteiger partial charge in [0, 0.05) is 35.5 Å². The Morgan fingerprint density at radius 1 is 1.44 bits per heavy atom. The number of ether oxygens (including phenoxy) is 1. The van der Waals surface area contributed by atoms with Crippen LogP contribution in [0.25, 0.3) is 0 Å². The van der Waals surface area contributed by atoms with Crippen LogP contribution in [0.1, 0.15) is 12.8 Å². The number of amides is 2. The average Bonchev–Trinajstić information content (AvgIpc) is 2.32. The van der Waals surface area contributed by atoms with Crippen LogP contribution in [0.5, 0.6) is 0 Å². The zero-order valence-electron chi connectivity index (χ0n) is 10.2. The molecule has 0 spiro atoms. The van der Waals surface area contributed by atoms with Crippen molar-refractivity contribution in [3.8, 4) is 0 Å². The summed E-state index contributed by atoms with van der Waals surface area (Å²) in [5.74, 6) is 0.0764. The van der Waals surface area contributed by atoms with E-state index in [1.54, 1.807) is 0 Å². The van der Waals surface area contributed by atoms with Crippen molar-refractivity contribution in [3.63, 3.8) is 0 Å². The Labute approximate surface area is 108 Å². The van der Waals surface area contributed by atoms with Gasteiger partial charge in [-0.3, -0.25) is 4.21 Å². The van der Waals surface area contributed by atoms with Crippen molar-refractivity contribution >= 4 is 22.8 Å². The summed E-state index contributed by atoms with van der Waals surface area (Å²) in [5, 5.41) is 13.9. The summed E-state index contributed by atoms with van der Waals surface area (Å²) < 4.78 is 15.8. The first-order valence-electron chi connectivity index (χ1n) is 5.68. The van der Waals surface area contributed by atoms with Gasteiger partial charge in [0.25, 0.3) is 0 Å². The second-order valence-corrected chi connectivity index (χ2v) is 5.74. The molecule has 3 N–H and O–H groups in total. The van der Waals surface area contributed by atoms with E-state index in [2.05, 4.69) is 15.4 Å². The van der Waals surface area contributed by atoms with E-state index in [0.29, 0.717) is 24.3 Å². The molecule has 0 aromatic heterocycles. The zero-order valence-corrected chi connectivity index (χ0v) is 11.0. The molecule has 0 saturated carbocycles. The molecule has 1 fully saturated rings. The van der Waals surface area contributed by atoms with E-state index in [9.17, 15) is 13.8 Å². The summed E-state index contributed by atoms with van der Waals surface area (Å²) in [4.78, 5) is 22.1. The fourth-order valence-electron chi connectivity index (χ4n) is 1.63. The number of rotatable bonds is 5. The number of nitrogens with one attached hydrogen (secondary N) is 2. The molecule has 2 amide bonds. The highest BCUT2D eigenvalue weighted by atomic mass is 32.2. The summed E-state index contributed by atoms with van der Waals surface area (Å²) >= 11 is 0. The molecule has 0 aromatic carbocycles. The third-order valence-electron chi connectivity index (χ3n) is 2.73. The third kappa shape index (κ3) is 5.01. The van der Waals surface area contributed by atoms with Crippen molar-refractivity contribution in [2.75, 3.05) is 25.2 Å². The smallest absolute Gasteiger partial charge is 0.334 e. The quantitative estimate of drug-likeness (QED) is 0.616.